The highest BCUT2D eigenvalue weighted by molar-refractivity contribution is 7.92. The van der Waals surface area contributed by atoms with Crippen LogP contribution in [-0.4, -0.2) is 18.6 Å². The predicted molar refractivity (Wildman–Crippen MR) is 83.6 cm³/mol. The van der Waals surface area contributed by atoms with E-state index in [-0.39, 0.29) is 16.7 Å². The van der Waals surface area contributed by atoms with E-state index in [2.05, 4.69) is 14.9 Å². The number of sulfonamides is 1. The Balaban J connectivity index is 1.84. The molecular formula is C14H12ClN3O4S. The second-order valence-corrected chi connectivity index (χ2v) is 6.64. The zero-order chi connectivity index (χ0) is 16.4. The molecule has 2 heterocycles. The van der Waals surface area contributed by atoms with Gasteiger partial charge in [-0.05, 0) is 36.4 Å². The molecule has 0 atom stereocenters. The third-order valence-corrected chi connectivity index (χ3v) is 4.43. The van der Waals surface area contributed by atoms with Crippen LogP contribution < -0.4 is 4.72 Å². The zero-order valence-corrected chi connectivity index (χ0v) is 13.6. The highest BCUT2D eigenvalue weighted by Gasteiger charge is 2.21. The van der Waals surface area contributed by atoms with Gasteiger partial charge in [0.15, 0.2) is 5.76 Å². The number of hydrogen-bond acceptors (Lipinski definition) is 6. The minimum Gasteiger partial charge on any atom is -0.438 e. The second-order valence-electron chi connectivity index (χ2n) is 4.59. The quantitative estimate of drug-likeness (QED) is 0.755. The first kappa shape index (κ1) is 15.6. The van der Waals surface area contributed by atoms with E-state index < -0.39 is 10.0 Å². The summed E-state index contributed by atoms with van der Waals surface area (Å²) in [6.07, 6.45) is 0.580. The van der Waals surface area contributed by atoms with E-state index in [1.807, 2.05) is 6.92 Å². The minimum absolute atomic E-state index is 0.134. The summed E-state index contributed by atoms with van der Waals surface area (Å²) in [5.41, 5.74) is 0.374. The fraction of sp³-hybridized carbons (Fsp3) is 0.143. The van der Waals surface area contributed by atoms with Crippen molar-refractivity contribution >= 4 is 27.3 Å². The lowest BCUT2D eigenvalue weighted by Gasteiger charge is -2.05. The molecule has 0 radical (unpaired) electrons. The lowest BCUT2D eigenvalue weighted by atomic mass is 10.3. The van der Waals surface area contributed by atoms with Crippen molar-refractivity contribution in [1.29, 1.82) is 0 Å². The summed E-state index contributed by atoms with van der Waals surface area (Å²) in [5.74, 6) is 0.767. The fourth-order valence-corrected chi connectivity index (χ4v) is 2.92. The molecule has 0 aliphatic carbocycles. The smallest absolute Gasteiger partial charge is 0.295 e. The van der Waals surface area contributed by atoms with Gasteiger partial charge in [-0.3, -0.25) is 4.72 Å². The first-order valence-electron chi connectivity index (χ1n) is 6.69. The van der Waals surface area contributed by atoms with Gasteiger partial charge < -0.3 is 8.83 Å². The SMILES string of the molecule is CCc1nnc(-c2ccc(S(=O)(=O)Nc3ccc(Cl)cc3)o2)o1. The van der Waals surface area contributed by atoms with Gasteiger partial charge in [0.1, 0.15) is 0 Å². The molecule has 1 aromatic carbocycles. The summed E-state index contributed by atoms with van der Waals surface area (Å²) in [7, 11) is -3.86. The van der Waals surface area contributed by atoms with Crippen molar-refractivity contribution in [3.05, 3.63) is 47.3 Å². The number of anilines is 1. The van der Waals surface area contributed by atoms with Crippen LogP contribution in [0.5, 0.6) is 0 Å². The summed E-state index contributed by atoms with van der Waals surface area (Å²) in [6.45, 7) is 1.87. The first-order valence-corrected chi connectivity index (χ1v) is 8.55. The van der Waals surface area contributed by atoms with Gasteiger partial charge in [-0.25, -0.2) is 0 Å². The molecule has 0 bridgehead atoms. The van der Waals surface area contributed by atoms with Gasteiger partial charge in [-0.2, -0.15) is 8.42 Å². The number of aromatic nitrogens is 2. The maximum Gasteiger partial charge on any atom is 0.295 e. The van der Waals surface area contributed by atoms with Crippen LogP contribution >= 0.6 is 11.6 Å². The van der Waals surface area contributed by atoms with Crippen molar-refractivity contribution in [3.63, 3.8) is 0 Å². The lowest BCUT2D eigenvalue weighted by Crippen LogP contribution is -2.11. The number of hydrogen-bond donors (Lipinski definition) is 1. The predicted octanol–water partition coefficient (Wildman–Crippen LogP) is 3.35. The highest BCUT2D eigenvalue weighted by atomic mass is 35.5. The molecule has 9 heteroatoms. The molecule has 2 aromatic heterocycles. The van der Waals surface area contributed by atoms with Crippen molar-refractivity contribution in [1.82, 2.24) is 10.2 Å². The van der Waals surface area contributed by atoms with Crippen molar-refractivity contribution < 1.29 is 17.3 Å². The Morgan fingerprint density at radius 1 is 1.09 bits per heavy atom. The molecular weight excluding hydrogens is 342 g/mol. The normalized spacial score (nSPS) is 11.6. The third-order valence-electron chi connectivity index (χ3n) is 2.92. The number of furan rings is 1. The molecule has 23 heavy (non-hydrogen) atoms. The van der Waals surface area contributed by atoms with E-state index in [0.717, 1.165) is 0 Å². The molecule has 0 saturated heterocycles. The molecule has 0 saturated carbocycles. The molecule has 0 amide bonds. The van der Waals surface area contributed by atoms with Gasteiger partial charge in [-0.15, -0.1) is 10.2 Å². The molecule has 0 fully saturated rings. The van der Waals surface area contributed by atoms with Crippen LogP contribution in [0.15, 0.2) is 50.3 Å². The standard InChI is InChI=1S/C14H12ClN3O4S/c1-2-12-16-17-14(22-12)11-7-8-13(21-11)23(19,20)18-10-5-3-9(15)4-6-10/h3-8,18H,2H2,1H3. The highest BCUT2D eigenvalue weighted by Crippen LogP contribution is 2.25. The maximum atomic E-state index is 12.3. The van der Waals surface area contributed by atoms with Crippen molar-refractivity contribution in [3.8, 4) is 11.7 Å². The van der Waals surface area contributed by atoms with Gasteiger partial charge in [0.2, 0.25) is 11.0 Å². The van der Waals surface area contributed by atoms with Crippen LogP contribution in [0.25, 0.3) is 11.7 Å². The van der Waals surface area contributed by atoms with Gasteiger partial charge in [0, 0.05) is 17.1 Å². The van der Waals surface area contributed by atoms with Crippen molar-refractivity contribution in [2.75, 3.05) is 4.72 Å². The summed E-state index contributed by atoms with van der Waals surface area (Å²) in [5, 5.41) is 7.87. The van der Waals surface area contributed by atoms with Crippen molar-refractivity contribution in [2.24, 2.45) is 0 Å². The Kier molecular flexibility index (Phi) is 4.10. The number of halogens is 1. The minimum atomic E-state index is -3.86. The molecule has 0 aliphatic rings. The Labute approximate surface area is 137 Å². The number of nitrogens with one attached hydrogen (secondary N) is 1. The van der Waals surface area contributed by atoms with Gasteiger partial charge in [0.05, 0.1) is 0 Å². The Hall–Kier alpha value is -2.32. The van der Waals surface area contributed by atoms with Crippen LogP contribution in [0.1, 0.15) is 12.8 Å². The third kappa shape index (κ3) is 3.38. The Bertz CT molecular complexity index is 916. The molecule has 1 N–H and O–H groups in total. The Morgan fingerprint density at radius 2 is 1.83 bits per heavy atom. The maximum absolute atomic E-state index is 12.3. The van der Waals surface area contributed by atoms with E-state index in [0.29, 0.717) is 23.0 Å². The fourth-order valence-electron chi connectivity index (χ4n) is 1.80. The molecule has 0 unspecified atom stereocenters. The number of nitrogens with zero attached hydrogens (tertiary/aromatic N) is 2. The van der Waals surface area contributed by atoms with E-state index in [4.69, 9.17) is 20.4 Å². The lowest BCUT2D eigenvalue weighted by molar-refractivity contribution is 0.436. The van der Waals surface area contributed by atoms with E-state index in [9.17, 15) is 8.42 Å². The summed E-state index contributed by atoms with van der Waals surface area (Å²) in [4.78, 5) is 0. The molecule has 0 spiro atoms. The average Bonchev–Trinajstić information content (AvgIpc) is 3.18. The van der Waals surface area contributed by atoms with E-state index >= 15 is 0 Å². The van der Waals surface area contributed by atoms with Gasteiger partial charge in [0.25, 0.3) is 15.9 Å². The largest absolute Gasteiger partial charge is 0.438 e. The number of benzene rings is 1. The van der Waals surface area contributed by atoms with E-state index in [1.165, 1.54) is 12.1 Å². The molecule has 120 valence electrons. The zero-order valence-electron chi connectivity index (χ0n) is 12.0. The van der Waals surface area contributed by atoms with Crippen LogP contribution in [-0.2, 0) is 16.4 Å². The summed E-state index contributed by atoms with van der Waals surface area (Å²) >= 11 is 5.77. The summed E-state index contributed by atoms with van der Waals surface area (Å²) in [6, 6.07) is 9.05. The van der Waals surface area contributed by atoms with Crippen LogP contribution in [0.2, 0.25) is 5.02 Å². The van der Waals surface area contributed by atoms with Crippen LogP contribution in [0.3, 0.4) is 0 Å². The molecule has 7 nitrogen and oxygen atoms in total. The molecule has 3 rings (SSSR count). The molecule has 3 aromatic rings. The first-order chi connectivity index (χ1) is 11.0. The Morgan fingerprint density at radius 3 is 2.48 bits per heavy atom. The van der Waals surface area contributed by atoms with Crippen molar-refractivity contribution in [2.45, 2.75) is 18.4 Å². The second kappa shape index (κ2) is 6.05. The topological polar surface area (TPSA) is 98.2 Å². The molecule has 0 aliphatic heterocycles. The van der Waals surface area contributed by atoms with Gasteiger partial charge >= 0.3 is 0 Å². The summed E-state index contributed by atoms with van der Waals surface area (Å²) < 4.78 is 37.6. The number of aryl methyl sites for hydroxylation is 1. The van der Waals surface area contributed by atoms with Crippen LogP contribution in [0, 0.1) is 0 Å². The van der Waals surface area contributed by atoms with Crippen LogP contribution in [0.4, 0.5) is 5.69 Å². The monoisotopic (exact) mass is 353 g/mol. The van der Waals surface area contributed by atoms with E-state index in [1.54, 1.807) is 24.3 Å². The number of rotatable bonds is 5. The van der Waals surface area contributed by atoms with Gasteiger partial charge in [-0.1, -0.05) is 18.5 Å². The average molecular weight is 354 g/mol.